The van der Waals surface area contributed by atoms with Crippen molar-refractivity contribution in [3.05, 3.63) is 36.2 Å². The molecule has 2 aromatic rings. The number of hydrogen-bond acceptors (Lipinski definition) is 6. The second kappa shape index (κ2) is 7.71. The number of ether oxygens (including phenoxy) is 1. The lowest BCUT2D eigenvalue weighted by molar-refractivity contribution is -0.166. The summed E-state index contributed by atoms with van der Waals surface area (Å²) in [5.74, 6) is 2.61. The molecule has 7 rings (SSSR count). The van der Waals surface area contributed by atoms with Crippen LogP contribution in [0, 0.1) is 23.2 Å². The minimum Gasteiger partial charge on any atom is -0.454 e. The summed E-state index contributed by atoms with van der Waals surface area (Å²) in [6.07, 6.45) is 8.45. The number of likely N-dealkylation sites (tertiary alicyclic amines) is 1. The van der Waals surface area contributed by atoms with Crippen molar-refractivity contribution in [2.75, 3.05) is 6.54 Å². The van der Waals surface area contributed by atoms with Crippen LogP contribution in [0.5, 0.6) is 0 Å². The normalized spacial score (nSPS) is 32.9. The number of nitrogens with zero attached hydrogens (tertiary/aromatic N) is 3. The van der Waals surface area contributed by atoms with Gasteiger partial charge in [-0.15, -0.1) is 10.2 Å². The topological polar surface area (TPSA) is 85.5 Å². The first-order valence-electron chi connectivity index (χ1n) is 12.0. The van der Waals surface area contributed by atoms with Crippen LogP contribution in [0.25, 0.3) is 11.5 Å². The number of esters is 1. The molecule has 0 radical (unpaired) electrons. The standard InChI is InChI=1S/C25H29N3O4/c29-23(31-15-21-26-27-22(32-21)19-5-2-1-3-6-19)20-7-4-8-28(20)24(30)25-12-16-9-17(13-25)11-18(10-16)14-25/h1-3,5-6,16-18,20H,4,7-15H2/t16?,17?,18?,20-,25?/m1/s1. The van der Waals surface area contributed by atoms with Crippen LogP contribution in [0.15, 0.2) is 34.7 Å². The molecule has 0 spiro atoms. The Balaban J connectivity index is 1.11. The van der Waals surface area contributed by atoms with Gasteiger partial charge in [0.25, 0.3) is 5.89 Å². The van der Waals surface area contributed by atoms with Crippen LogP contribution in [0.3, 0.4) is 0 Å². The molecule has 2 heterocycles. The highest BCUT2D eigenvalue weighted by atomic mass is 16.5. The third kappa shape index (κ3) is 3.42. The summed E-state index contributed by atoms with van der Waals surface area (Å²) < 4.78 is 11.2. The van der Waals surface area contributed by atoms with Crippen LogP contribution in [-0.4, -0.2) is 39.6 Å². The van der Waals surface area contributed by atoms with E-state index >= 15 is 0 Å². The minimum atomic E-state index is -0.494. The third-order valence-corrected chi connectivity index (χ3v) is 8.10. The molecule has 0 N–H and O–H groups in total. The molecule has 168 valence electrons. The molecule has 0 unspecified atom stereocenters. The molecule has 4 saturated carbocycles. The van der Waals surface area contributed by atoms with Crippen LogP contribution in [0.2, 0.25) is 0 Å². The zero-order chi connectivity index (χ0) is 21.7. The molecule has 1 saturated heterocycles. The van der Waals surface area contributed by atoms with Crippen molar-refractivity contribution >= 4 is 11.9 Å². The average molecular weight is 436 g/mol. The van der Waals surface area contributed by atoms with Crippen LogP contribution >= 0.6 is 0 Å². The lowest BCUT2D eigenvalue weighted by Gasteiger charge is -2.56. The predicted molar refractivity (Wildman–Crippen MR) is 115 cm³/mol. The number of aromatic nitrogens is 2. The Bertz CT molecular complexity index is 982. The molecule has 1 aromatic carbocycles. The minimum absolute atomic E-state index is 0.0748. The number of amides is 1. The molecule has 7 nitrogen and oxygen atoms in total. The first kappa shape index (κ1) is 19.9. The van der Waals surface area contributed by atoms with E-state index in [1.165, 1.54) is 19.3 Å². The predicted octanol–water partition coefficient (Wildman–Crippen LogP) is 3.99. The maximum absolute atomic E-state index is 13.7. The average Bonchev–Trinajstić information content (AvgIpc) is 3.47. The van der Waals surface area contributed by atoms with Crippen LogP contribution in [-0.2, 0) is 20.9 Å². The molecule has 5 aliphatic rings. The summed E-state index contributed by atoms with van der Waals surface area (Å²) in [4.78, 5) is 28.5. The highest BCUT2D eigenvalue weighted by Crippen LogP contribution is 2.60. The number of hydrogen-bond donors (Lipinski definition) is 0. The number of carbonyl (C=O) groups is 2. The molecule has 4 aliphatic carbocycles. The Kier molecular flexibility index (Phi) is 4.81. The van der Waals surface area contributed by atoms with E-state index in [1.807, 2.05) is 35.2 Å². The fourth-order valence-electron chi connectivity index (χ4n) is 7.17. The van der Waals surface area contributed by atoms with Gasteiger partial charge in [-0.3, -0.25) is 4.79 Å². The quantitative estimate of drug-likeness (QED) is 0.660. The molecular weight excluding hydrogens is 406 g/mol. The molecule has 32 heavy (non-hydrogen) atoms. The summed E-state index contributed by atoms with van der Waals surface area (Å²) >= 11 is 0. The van der Waals surface area contributed by atoms with Crippen molar-refractivity contribution in [2.45, 2.75) is 64.0 Å². The molecule has 1 atom stereocenters. The van der Waals surface area contributed by atoms with Gasteiger partial charge in [-0.2, -0.15) is 0 Å². The highest BCUT2D eigenvalue weighted by molar-refractivity contribution is 5.89. The van der Waals surface area contributed by atoms with E-state index in [2.05, 4.69) is 10.2 Å². The van der Waals surface area contributed by atoms with Crippen molar-refractivity contribution in [3.63, 3.8) is 0 Å². The Morgan fingerprint density at radius 2 is 1.72 bits per heavy atom. The van der Waals surface area contributed by atoms with Gasteiger partial charge < -0.3 is 14.1 Å². The van der Waals surface area contributed by atoms with E-state index in [-0.39, 0.29) is 29.8 Å². The van der Waals surface area contributed by atoms with Crippen molar-refractivity contribution in [1.29, 1.82) is 0 Å². The van der Waals surface area contributed by atoms with E-state index in [0.29, 0.717) is 36.6 Å². The Morgan fingerprint density at radius 3 is 2.41 bits per heavy atom. The molecule has 7 heteroatoms. The SMILES string of the molecule is O=C(OCc1nnc(-c2ccccc2)o1)[C@H]1CCCN1C(=O)C12CC3CC(CC(C3)C1)C2. The van der Waals surface area contributed by atoms with E-state index in [1.54, 1.807) is 0 Å². The summed E-state index contributed by atoms with van der Waals surface area (Å²) in [6, 6.07) is 8.99. The summed E-state index contributed by atoms with van der Waals surface area (Å²) in [6.45, 7) is 0.577. The van der Waals surface area contributed by atoms with E-state index in [9.17, 15) is 9.59 Å². The maximum atomic E-state index is 13.7. The number of carbonyl (C=O) groups excluding carboxylic acids is 2. The van der Waals surface area contributed by atoms with Gasteiger partial charge in [0, 0.05) is 12.1 Å². The smallest absolute Gasteiger partial charge is 0.329 e. The molecule has 1 aliphatic heterocycles. The van der Waals surface area contributed by atoms with E-state index in [4.69, 9.17) is 9.15 Å². The Hall–Kier alpha value is -2.70. The molecular formula is C25H29N3O4. The van der Waals surface area contributed by atoms with Crippen molar-refractivity contribution in [3.8, 4) is 11.5 Å². The molecule has 1 aromatic heterocycles. The second-order valence-electron chi connectivity index (χ2n) is 10.3. The third-order valence-electron chi connectivity index (χ3n) is 8.10. The van der Waals surface area contributed by atoms with Gasteiger partial charge in [0.05, 0.1) is 5.41 Å². The van der Waals surface area contributed by atoms with Gasteiger partial charge in [0.15, 0.2) is 6.61 Å². The summed E-state index contributed by atoms with van der Waals surface area (Å²) in [7, 11) is 0. The van der Waals surface area contributed by atoms with Crippen molar-refractivity contribution < 1.29 is 18.7 Å². The van der Waals surface area contributed by atoms with Crippen molar-refractivity contribution in [1.82, 2.24) is 15.1 Å². The van der Waals surface area contributed by atoms with Crippen LogP contribution in [0.1, 0.15) is 57.3 Å². The van der Waals surface area contributed by atoms with Gasteiger partial charge in [-0.05, 0) is 81.3 Å². The largest absolute Gasteiger partial charge is 0.454 e. The van der Waals surface area contributed by atoms with Gasteiger partial charge in [-0.1, -0.05) is 18.2 Å². The van der Waals surface area contributed by atoms with Gasteiger partial charge in [0.1, 0.15) is 6.04 Å². The van der Waals surface area contributed by atoms with E-state index in [0.717, 1.165) is 31.2 Å². The number of rotatable bonds is 5. The summed E-state index contributed by atoms with van der Waals surface area (Å²) in [5.41, 5.74) is 0.593. The highest BCUT2D eigenvalue weighted by Gasteiger charge is 2.57. The van der Waals surface area contributed by atoms with E-state index < -0.39 is 6.04 Å². The first-order valence-corrected chi connectivity index (χ1v) is 12.0. The fourth-order valence-corrected chi connectivity index (χ4v) is 7.17. The lowest BCUT2D eigenvalue weighted by atomic mass is 9.49. The van der Waals surface area contributed by atoms with Crippen LogP contribution in [0.4, 0.5) is 0 Å². The Morgan fingerprint density at radius 1 is 1.03 bits per heavy atom. The fraction of sp³-hybridized carbons (Fsp3) is 0.600. The zero-order valence-corrected chi connectivity index (χ0v) is 18.2. The molecule has 4 bridgehead atoms. The first-order chi connectivity index (χ1) is 15.6. The van der Waals surface area contributed by atoms with Crippen LogP contribution < -0.4 is 0 Å². The monoisotopic (exact) mass is 435 g/mol. The molecule has 5 fully saturated rings. The summed E-state index contributed by atoms with van der Waals surface area (Å²) in [5, 5.41) is 8.04. The molecule has 1 amide bonds. The van der Waals surface area contributed by atoms with Crippen molar-refractivity contribution in [2.24, 2.45) is 23.2 Å². The van der Waals surface area contributed by atoms with Gasteiger partial charge in [0.2, 0.25) is 11.8 Å². The second-order valence-corrected chi connectivity index (χ2v) is 10.3. The lowest BCUT2D eigenvalue weighted by Crippen LogP contribution is -2.56. The number of benzene rings is 1. The maximum Gasteiger partial charge on any atom is 0.329 e. The Labute approximate surface area is 187 Å². The zero-order valence-electron chi connectivity index (χ0n) is 18.2. The van der Waals surface area contributed by atoms with Gasteiger partial charge >= 0.3 is 5.97 Å². The van der Waals surface area contributed by atoms with Gasteiger partial charge in [-0.25, -0.2) is 4.79 Å².